The van der Waals surface area contributed by atoms with E-state index in [4.69, 9.17) is 10.5 Å². The van der Waals surface area contributed by atoms with Crippen LogP contribution in [0.1, 0.15) is 5.69 Å². The number of nitrogens with zero attached hydrogens (tertiary/aromatic N) is 1. The highest BCUT2D eigenvalue weighted by Crippen LogP contribution is 2.35. The van der Waals surface area contributed by atoms with Crippen LogP contribution in [0, 0.1) is 11.6 Å². The number of aromatic nitrogens is 1. The normalized spacial score (nSPS) is 11.4. The van der Waals surface area contributed by atoms with Gasteiger partial charge >= 0.3 is 6.18 Å². The summed E-state index contributed by atoms with van der Waals surface area (Å²) in [5.74, 6) is -2.77. The number of nitrogen functional groups attached to an aromatic ring is 1. The summed E-state index contributed by atoms with van der Waals surface area (Å²) in [7, 11) is 0. The molecule has 1 aromatic carbocycles. The van der Waals surface area contributed by atoms with E-state index in [0.717, 1.165) is 18.3 Å². The van der Waals surface area contributed by atoms with E-state index in [-0.39, 0.29) is 5.69 Å². The molecule has 0 spiro atoms. The number of ether oxygens (including phenoxy) is 1. The fourth-order valence-electron chi connectivity index (χ4n) is 1.36. The molecule has 8 heteroatoms. The molecule has 0 aliphatic rings. The lowest BCUT2D eigenvalue weighted by atomic mass is 10.3. The van der Waals surface area contributed by atoms with Crippen LogP contribution in [0.5, 0.6) is 11.5 Å². The van der Waals surface area contributed by atoms with Crippen LogP contribution >= 0.6 is 0 Å². The van der Waals surface area contributed by atoms with Gasteiger partial charge in [-0.1, -0.05) is 0 Å². The molecule has 3 nitrogen and oxygen atoms in total. The first-order chi connectivity index (χ1) is 9.27. The minimum Gasteiger partial charge on any atom is -0.452 e. The Balaban J connectivity index is 2.40. The lowest BCUT2D eigenvalue weighted by Crippen LogP contribution is -2.09. The number of rotatable bonds is 2. The largest absolute Gasteiger partial charge is 0.452 e. The Kier molecular flexibility index (Phi) is 3.47. The second-order valence-corrected chi connectivity index (χ2v) is 3.78. The Morgan fingerprint density at radius 3 is 2.40 bits per heavy atom. The summed E-state index contributed by atoms with van der Waals surface area (Å²) < 4.78 is 68.6. The molecule has 106 valence electrons. The van der Waals surface area contributed by atoms with Gasteiger partial charge in [0.15, 0.2) is 17.3 Å². The van der Waals surface area contributed by atoms with E-state index in [9.17, 15) is 22.0 Å². The van der Waals surface area contributed by atoms with E-state index in [2.05, 4.69) is 4.98 Å². The number of benzene rings is 1. The minimum absolute atomic E-state index is 0.235. The zero-order valence-electron chi connectivity index (χ0n) is 9.71. The highest BCUT2D eigenvalue weighted by molar-refractivity contribution is 5.53. The number of pyridine rings is 1. The zero-order valence-corrected chi connectivity index (χ0v) is 9.71. The number of anilines is 1. The molecular weight excluding hydrogens is 283 g/mol. The van der Waals surface area contributed by atoms with Gasteiger partial charge in [-0.15, -0.1) is 0 Å². The van der Waals surface area contributed by atoms with Crippen molar-refractivity contribution in [3.63, 3.8) is 0 Å². The molecule has 0 bridgehead atoms. The summed E-state index contributed by atoms with van der Waals surface area (Å²) >= 11 is 0. The van der Waals surface area contributed by atoms with Crippen LogP contribution in [0.2, 0.25) is 0 Å². The predicted octanol–water partition coefficient (Wildman–Crippen LogP) is 3.75. The van der Waals surface area contributed by atoms with Crippen LogP contribution in [0.4, 0.5) is 27.6 Å². The highest BCUT2D eigenvalue weighted by atomic mass is 19.4. The van der Waals surface area contributed by atoms with Gasteiger partial charge in [0.2, 0.25) is 0 Å². The van der Waals surface area contributed by atoms with E-state index in [1.54, 1.807) is 0 Å². The van der Waals surface area contributed by atoms with Crippen molar-refractivity contribution in [3.8, 4) is 11.5 Å². The molecular formula is C12H7F5N2O. The van der Waals surface area contributed by atoms with Gasteiger partial charge < -0.3 is 10.5 Å². The van der Waals surface area contributed by atoms with Crippen LogP contribution < -0.4 is 10.5 Å². The molecule has 0 unspecified atom stereocenters. The van der Waals surface area contributed by atoms with Gasteiger partial charge in [-0.3, -0.25) is 0 Å². The average Bonchev–Trinajstić information content (AvgIpc) is 2.35. The number of alkyl halides is 3. The SMILES string of the molecule is Nc1cnc(C(F)(F)F)cc1Oc1cc(F)ccc1F. The van der Waals surface area contributed by atoms with Crippen LogP contribution in [0.3, 0.4) is 0 Å². The highest BCUT2D eigenvalue weighted by Gasteiger charge is 2.33. The van der Waals surface area contributed by atoms with Crippen LogP contribution in [0.15, 0.2) is 30.5 Å². The standard InChI is InChI=1S/C12H7F5N2O/c13-6-1-2-7(14)9(3-6)20-10-4-11(12(15,16)17)19-5-8(10)18/h1-5H,18H2. The topological polar surface area (TPSA) is 48.1 Å². The molecule has 1 aromatic heterocycles. The lowest BCUT2D eigenvalue weighted by molar-refractivity contribution is -0.141. The summed E-state index contributed by atoms with van der Waals surface area (Å²) in [6, 6.07) is 2.84. The number of halogens is 5. The average molecular weight is 290 g/mol. The van der Waals surface area contributed by atoms with Gasteiger partial charge in [-0.25, -0.2) is 13.8 Å². The van der Waals surface area contributed by atoms with Crippen molar-refractivity contribution in [2.24, 2.45) is 0 Å². The maximum Gasteiger partial charge on any atom is 0.433 e. The first-order valence-electron chi connectivity index (χ1n) is 5.23. The van der Waals surface area contributed by atoms with Crippen LogP contribution in [0.25, 0.3) is 0 Å². The van der Waals surface area contributed by atoms with Crippen molar-refractivity contribution < 1.29 is 26.7 Å². The van der Waals surface area contributed by atoms with E-state index in [1.165, 1.54) is 0 Å². The second kappa shape index (κ2) is 4.95. The third-order valence-corrected chi connectivity index (χ3v) is 2.30. The van der Waals surface area contributed by atoms with Crippen molar-refractivity contribution in [1.29, 1.82) is 0 Å². The monoisotopic (exact) mass is 290 g/mol. The molecule has 2 N–H and O–H groups in total. The molecule has 0 fully saturated rings. The Bertz CT molecular complexity index is 642. The van der Waals surface area contributed by atoms with Gasteiger partial charge in [0.25, 0.3) is 0 Å². The molecule has 2 aromatic rings. The van der Waals surface area contributed by atoms with Gasteiger partial charge in [0, 0.05) is 12.1 Å². The maximum atomic E-state index is 13.4. The summed E-state index contributed by atoms with van der Waals surface area (Å²) in [5, 5.41) is 0. The quantitative estimate of drug-likeness (QED) is 0.857. The number of hydrogen-bond acceptors (Lipinski definition) is 3. The Labute approximate surface area is 109 Å². The van der Waals surface area contributed by atoms with Crippen molar-refractivity contribution in [3.05, 3.63) is 47.8 Å². The molecule has 0 saturated carbocycles. The number of nitrogens with two attached hydrogens (primary N) is 1. The summed E-state index contributed by atoms with van der Waals surface area (Å²) in [6.07, 6.45) is -3.97. The third-order valence-electron chi connectivity index (χ3n) is 2.30. The molecule has 0 amide bonds. The second-order valence-electron chi connectivity index (χ2n) is 3.78. The summed E-state index contributed by atoms with van der Waals surface area (Å²) in [6.45, 7) is 0. The first-order valence-corrected chi connectivity index (χ1v) is 5.23. The van der Waals surface area contributed by atoms with Gasteiger partial charge in [0.05, 0.1) is 11.9 Å². The van der Waals surface area contributed by atoms with E-state index < -0.39 is 35.0 Å². The first kappa shape index (κ1) is 14.0. The Morgan fingerprint density at radius 2 is 1.75 bits per heavy atom. The maximum absolute atomic E-state index is 13.4. The fraction of sp³-hybridized carbons (Fsp3) is 0.0833. The summed E-state index contributed by atoms with van der Waals surface area (Å²) in [4.78, 5) is 3.09. The summed E-state index contributed by atoms with van der Waals surface area (Å²) in [5.41, 5.74) is 3.91. The molecule has 0 aliphatic heterocycles. The molecule has 0 atom stereocenters. The molecule has 2 rings (SSSR count). The molecule has 20 heavy (non-hydrogen) atoms. The predicted molar refractivity (Wildman–Crippen MR) is 60.1 cm³/mol. The number of hydrogen-bond donors (Lipinski definition) is 1. The van der Waals surface area contributed by atoms with E-state index in [0.29, 0.717) is 12.1 Å². The van der Waals surface area contributed by atoms with Crippen molar-refractivity contribution >= 4 is 5.69 Å². The van der Waals surface area contributed by atoms with Crippen molar-refractivity contribution in [2.75, 3.05) is 5.73 Å². The smallest absolute Gasteiger partial charge is 0.433 e. The lowest BCUT2D eigenvalue weighted by Gasteiger charge is -2.12. The van der Waals surface area contributed by atoms with Crippen molar-refractivity contribution in [2.45, 2.75) is 6.18 Å². The van der Waals surface area contributed by atoms with Crippen LogP contribution in [-0.4, -0.2) is 4.98 Å². The van der Waals surface area contributed by atoms with E-state index >= 15 is 0 Å². The molecule has 0 radical (unpaired) electrons. The zero-order chi connectivity index (χ0) is 14.9. The van der Waals surface area contributed by atoms with Gasteiger partial charge in [-0.2, -0.15) is 13.2 Å². The van der Waals surface area contributed by atoms with E-state index in [1.807, 2.05) is 0 Å². The van der Waals surface area contributed by atoms with Gasteiger partial charge in [-0.05, 0) is 12.1 Å². The molecule has 0 saturated heterocycles. The molecule has 1 heterocycles. The molecule has 0 aliphatic carbocycles. The third kappa shape index (κ3) is 2.95. The van der Waals surface area contributed by atoms with Crippen molar-refractivity contribution in [1.82, 2.24) is 4.98 Å². The minimum atomic E-state index is -4.70. The Morgan fingerprint density at radius 1 is 1.05 bits per heavy atom. The van der Waals surface area contributed by atoms with Crippen LogP contribution in [-0.2, 0) is 6.18 Å². The fourth-order valence-corrected chi connectivity index (χ4v) is 1.36. The van der Waals surface area contributed by atoms with Gasteiger partial charge in [0.1, 0.15) is 11.5 Å². The Hall–Kier alpha value is -2.38.